The van der Waals surface area contributed by atoms with E-state index in [0.29, 0.717) is 47.0 Å². The second-order valence-electron chi connectivity index (χ2n) is 6.70. The lowest BCUT2D eigenvalue weighted by molar-refractivity contribution is 0.147. The van der Waals surface area contributed by atoms with Gasteiger partial charge in [0, 0.05) is 30.8 Å². The summed E-state index contributed by atoms with van der Waals surface area (Å²) < 4.78 is 10.8. The van der Waals surface area contributed by atoms with Gasteiger partial charge in [0.05, 0.1) is 23.1 Å². The molecule has 0 spiro atoms. The number of halogens is 2. The number of hydrogen-bond acceptors (Lipinski definition) is 5. The van der Waals surface area contributed by atoms with Crippen LogP contribution in [0.5, 0.6) is 5.75 Å². The number of carbonyl (C=O) groups excluding carboxylic acids is 1. The van der Waals surface area contributed by atoms with Crippen molar-refractivity contribution in [1.82, 2.24) is 15.0 Å². The normalized spacial score (nSPS) is 13.8. The molecule has 4 rings (SSSR count). The second kappa shape index (κ2) is 8.31. The Morgan fingerprint density at radius 3 is 2.79 bits per heavy atom. The molecule has 150 valence electrons. The molecular weight excluding hydrogens is 415 g/mol. The smallest absolute Gasteiger partial charge is 0.321 e. The molecule has 7 nitrogen and oxygen atoms in total. The van der Waals surface area contributed by atoms with Crippen LogP contribution in [0.3, 0.4) is 0 Å². The van der Waals surface area contributed by atoms with Crippen LogP contribution in [0.1, 0.15) is 23.2 Å². The van der Waals surface area contributed by atoms with E-state index in [1.807, 2.05) is 24.3 Å². The summed E-state index contributed by atoms with van der Waals surface area (Å²) in [5.41, 5.74) is 1.57. The highest BCUT2D eigenvalue weighted by Crippen LogP contribution is 2.29. The van der Waals surface area contributed by atoms with Crippen LogP contribution in [-0.4, -0.2) is 41.3 Å². The molecule has 2 amide bonds. The zero-order valence-corrected chi connectivity index (χ0v) is 17.1. The first-order chi connectivity index (χ1) is 14.0. The van der Waals surface area contributed by atoms with Crippen molar-refractivity contribution in [3.05, 3.63) is 69.8 Å². The molecule has 1 fully saturated rings. The fourth-order valence-corrected chi connectivity index (χ4v) is 3.40. The molecule has 1 aromatic heterocycles. The third-order valence-corrected chi connectivity index (χ3v) is 5.45. The number of nitrogens with one attached hydrogen (secondary N) is 1. The number of nitrogens with zero attached hydrogens (tertiary/aromatic N) is 3. The van der Waals surface area contributed by atoms with Crippen LogP contribution in [0.25, 0.3) is 0 Å². The van der Waals surface area contributed by atoms with Crippen LogP contribution < -0.4 is 10.1 Å². The highest BCUT2D eigenvalue weighted by atomic mass is 35.5. The van der Waals surface area contributed by atoms with Crippen molar-refractivity contribution >= 4 is 34.9 Å². The van der Waals surface area contributed by atoms with Crippen LogP contribution in [0, 0.1) is 0 Å². The summed E-state index contributed by atoms with van der Waals surface area (Å²) in [5, 5.41) is 7.68. The van der Waals surface area contributed by atoms with Gasteiger partial charge in [0.15, 0.2) is 5.82 Å². The molecule has 1 saturated heterocycles. The second-order valence-corrected chi connectivity index (χ2v) is 7.51. The predicted octanol–water partition coefficient (Wildman–Crippen LogP) is 4.61. The topological polar surface area (TPSA) is 80.5 Å². The summed E-state index contributed by atoms with van der Waals surface area (Å²) in [4.78, 5) is 18.5. The highest BCUT2D eigenvalue weighted by molar-refractivity contribution is 6.42. The molecule has 3 aromatic rings. The number of benzene rings is 2. The number of aromatic nitrogens is 2. The molecule has 2 heterocycles. The third-order valence-electron chi connectivity index (χ3n) is 4.71. The highest BCUT2D eigenvalue weighted by Gasteiger charge is 2.35. The first-order valence-corrected chi connectivity index (χ1v) is 9.74. The van der Waals surface area contributed by atoms with Gasteiger partial charge in [-0.25, -0.2) is 4.79 Å². The van der Waals surface area contributed by atoms with E-state index in [4.69, 9.17) is 32.5 Å². The molecule has 9 heteroatoms. The predicted molar refractivity (Wildman–Crippen MR) is 110 cm³/mol. The largest absolute Gasteiger partial charge is 0.496 e. The van der Waals surface area contributed by atoms with E-state index in [0.717, 1.165) is 11.3 Å². The van der Waals surface area contributed by atoms with Crippen molar-refractivity contribution in [2.75, 3.05) is 25.5 Å². The fourth-order valence-electron chi connectivity index (χ4n) is 3.10. The maximum absolute atomic E-state index is 12.3. The molecule has 1 aliphatic heterocycles. The number of para-hydroxylation sites is 1. The van der Waals surface area contributed by atoms with Crippen LogP contribution in [-0.2, 0) is 6.42 Å². The van der Waals surface area contributed by atoms with E-state index in [1.54, 1.807) is 30.2 Å². The van der Waals surface area contributed by atoms with Gasteiger partial charge < -0.3 is 19.5 Å². The minimum Gasteiger partial charge on any atom is -0.496 e. The van der Waals surface area contributed by atoms with Gasteiger partial charge in [0.25, 0.3) is 0 Å². The van der Waals surface area contributed by atoms with Crippen LogP contribution in [0.15, 0.2) is 47.0 Å². The Labute approximate surface area is 177 Å². The van der Waals surface area contributed by atoms with Crippen molar-refractivity contribution in [2.24, 2.45) is 0 Å². The van der Waals surface area contributed by atoms with Crippen LogP contribution in [0.4, 0.5) is 10.5 Å². The monoisotopic (exact) mass is 432 g/mol. The van der Waals surface area contributed by atoms with Gasteiger partial charge in [-0.2, -0.15) is 4.98 Å². The Morgan fingerprint density at radius 1 is 1.24 bits per heavy atom. The van der Waals surface area contributed by atoms with Crippen molar-refractivity contribution < 1.29 is 14.1 Å². The summed E-state index contributed by atoms with van der Waals surface area (Å²) in [7, 11) is 1.63. The lowest BCUT2D eigenvalue weighted by Crippen LogP contribution is -2.50. The summed E-state index contributed by atoms with van der Waals surface area (Å²) >= 11 is 11.9. The number of hydrogen-bond donors (Lipinski definition) is 1. The number of urea groups is 1. The van der Waals surface area contributed by atoms with Crippen molar-refractivity contribution in [1.29, 1.82) is 0 Å². The Hall–Kier alpha value is -2.77. The van der Waals surface area contributed by atoms with Crippen molar-refractivity contribution in [3.63, 3.8) is 0 Å². The number of methoxy groups -OCH3 is 1. The Morgan fingerprint density at radius 2 is 2.03 bits per heavy atom. The summed E-state index contributed by atoms with van der Waals surface area (Å²) in [6, 6.07) is 12.5. The minimum absolute atomic E-state index is 0.0217. The molecule has 1 aliphatic rings. The van der Waals surface area contributed by atoms with E-state index in [1.165, 1.54) is 0 Å². The van der Waals surface area contributed by atoms with Crippen LogP contribution >= 0.6 is 23.2 Å². The zero-order valence-electron chi connectivity index (χ0n) is 15.6. The van der Waals surface area contributed by atoms with E-state index < -0.39 is 0 Å². The average molecular weight is 433 g/mol. The van der Waals surface area contributed by atoms with Gasteiger partial charge in [0.2, 0.25) is 5.89 Å². The maximum Gasteiger partial charge on any atom is 0.321 e. The molecule has 0 unspecified atom stereocenters. The Balaban J connectivity index is 1.33. The first kappa shape index (κ1) is 19.5. The van der Waals surface area contributed by atoms with Gasteiger partial charge in [-0.3, -0.25) is 0 Å². The Kier molecular flexibility index (Phi) is 5.60. The number of rotatable bonds is 5. The van der Waals surface area contributed by atoms with E-state index >= 15 is 0 Å². The molecule has 0 bridgehead atoms. The number of carbonyl (C=O) groups is 1. The quantitative estimate of drug-likeness (QED) is 0.636. The molecule has 29 heavy (non-hydrogen) atoms. The fraction of sp³-hybridized carbons (Fsp3) is 0.250. The van der Waals surface area contributed by atoms with Gasteiger partial charge in [-0.05, 0) is 24.3 Å². The zero-order chi connectivity index (χ0) is 20.4. The van der Waals surface area contributed by atoms with Crippen molar-refractivity contribution in [3.8, 4) is 5.75 Å². The van der Waals surface area contributed by atoms with E-state index in [-0.39, 0.29) is 11.9 Å². The Bertz CT molecular complexity index is 1030. The number of likely N-dealkylation sites (tertiary alicyclic amines) is 1. The average Bonchev–Trinajstić information content (AvgIpc) is 3.12. The summed E-state index contributed by atoms with van der Waals surface area (Å²) in [5.74, 6) is 1.93. The van der Waals surface area contributed by atoms with E-state index in [2.05, 4.69) is 15.5 Å². The van der Waals surface area contributed by atoms with Gasteiger partial charge in [-0.1, -0.05) is 46.6 Å². The maximum atomic E-state index is 12.3. The summed E-state index contributed by atoms with van der Waals surface area (Å²) in [6.07, 6.45) is 0.516. The van der Waals surface area contributed by atoms with Crippen molar-refractivity contribution in [2.45, 2.75) is 12.3 Å². The van der Waals surface area contributed by atoms with Gasteiger partial charge in [-0.15, -0.1) is 0 Å². The molecule has 0 radical (unpaired) electrons. The molecule has 0 atom stereocenters. The minimum atomic E-state index is -0.214. The lowest BCUT2D eigenvalue weighted by Gasteiger charge is -2.36. The first-order valence-electron chi connectivity index (χ1n) is 8.99. The third kappa shape index (κ3) is 4.31. The van der Waals surface area contributed by atoms with Crippen LogP contribution in [0.2, 0.25) is 10.0 Å². The van der Waals surface area contributed by atoms with Gasteiger partial charge in [0.1, 0.15) is 5.75 Å². The number of anilines is 1. The summed E-state index contributed by atoms with van der Waals surface area (Å²) in [6.45, 7) is 1.01. The van der Waals surface area contributed by atoms with Gasteiger partial charge >= 0.3 is 6.03 Å². The molecule has 0 saturated carbocycles. The molecular formula is C20H18Cl2N4O3. The molecule has 0 aliphatic carbocycles. The molecule has 2 aromatic carbocycles. The molecule has 1 N–H and O–H groups in total. The number of amides is 2. The SMILES string of the molecule is COc1ccccc1Cc1noc(C2CN(C(=O)Nc3ccc(Cl)c(Cl)c3)C2)n1. The van der Waals surface area contributed by atoms with E-state index in [9.17, 15) is 4.79 Å². The lowest BCUT2D eigenvalue weighted by atomic mass is 10.0. The standard InChI is InChI=1S/C20H18Cl2N4O3/c1-28-17-5-3-2-4-12(17)8-18-24-19(29-25-18)13-10-26(11-13)20(27)23-14-6-7-15(21)16(22)9-14/h2-7,9,13H,8,10-11H2,1H3,(H,23,27). The number of ether oxygens (including phenoxy) is 1.